The Bertz CT molecular complexity index is 661. The maximum Gasteiger partial charge on any atom is 0.291 e. The predicted octanol–water partition coefficient (Wildman–Crippen LogP) is 2.65. The highest BCUT2D eigenvalue weighted by atomic mass is 16.5. The number of carbonyl (C=O) groups excluding carboxylic acids is 2. The molecule has 6 heteroatoms. The number of amides is 2. The average Bonchev–Trinajstić information content (AvgIpc) is 3.23. The zero-order chi connectivity index (χ0) is 15.4. The zero-order valence-electron chi connectivity index (χ0n) is 11.9. The van der Waals surface area contributed by atoms with Crippen molar-refractivity contribution in [2.45, 2.75) is 18.9 Å². The third-order valence-electron chi connectivity index (χ3n) is 3.40. The van der Waals surface area contributed by atoms with Crippen molar-refractivity contribution < 1.29 is 18.7 Å². The van der Waals surface area contributed by atoms with Gasteiger partial charge in [-0.2, -0.15) is 0 Å². The lowest BCUT2D eigenvalue weighted by Crippen LogP contribution is -2.27. The van der Waals surface area contributed by atoms with E-state index >= 15 is 0 Å². The van der Waals surface area contributed by atoms with Crippen LogP contribution in [0.15, 0.2) is 47.1 Å². The first kappa shape index (κ1) is 14.3. The Balaban J connectivity index is 1.72. The molecule has 0 unspecified atom stereocenters. The minimum atomic E-state index is -0.422. The second-order valence-electron chi connectivity index (χ2n) is 4.97. The van der Waals surface area contributed by atoms with E-state index in [1.165, 1.54) is 6.26 Å². The van der Waals surface area contributed by atoms with E-state index in [1.54, 1.807) is 36.4 Å². The van der Waals surface area contributed by atoms with Gasteiger partial charge >= 0.3 is 0 Å². The van der Waals surface area contributed by atoms with Crippen molar-refractivity contribution in [1.82, 2.24) is 0 Å². The molecule has 0 saturated carbocycles. The van der Waals surface area contributed by atoms with Crippen LogP contribution >= 0.6 is 0 Å². The quantitative estimate of drug-likeness (QED) is 0.909. The first-order chi connectivity index (χ1) is 10.7. The highest BCUT2D eigenvalue weighted by Crippen LogP contribution is 2.23. The number of para-hydroxylation sites is 2. The normalized spacial score (nSPS) is 17.2. The van der Waals surface area contributed by atoms with Gasteiger partial charge in [-0.05, 0) is 37.1 Å². The van der Waals surface area contributed by atoms with Gasteiger partial charge in [0.25, 0.3) is 11.8 Å². The third-order valence-corrected chi connectivity index (χ3v) is 3.40. The maximum absolute atomic E-state index is 12.1. The molecule has 6 nitrogen and oxygen atoms in total. The standard InChI is InChI=1S/C16H16N2O4/c19-15(13-7-3-9-21-13)17-11-5-1-2-6-12(11)18-16(20)14-8-4-10-22-14/h1-3,5-7,9,14H,4,8,10H2,(H,17,19)(H,18,20)/t14-/m1/s1. The zero-order valence-corrected chi connectivity index (χ0v) is 11.9. The number of anilines is 2. The summed E-state index contributed by atoms with van der Waals surface area (Å²) in [5.74, 6) is -0.360. The topological polar surface area (TPSA) is 80.6 Å². The summed E-state index contributed by atoms with van der Waals surface area (Å²) < 4.78 is 10.4. The maximum atomic E-state index is 12.1. The van der Waals surface area contributed by atoms with Gasteiger partial charge in [0.2, 0.25) is 0 Å². The number of furan rings is 1. The van der Waals surface area contributed by atoms with Crippen LogP contribution in [0.4, 0.5) is 11.4 Å². The molecule has 3 rings (SSSR count). The lowest BCUT2D eigenvalue weighted by molar-refractivity contribution is -0.124. The molecule has 2 amide bonds. The summed E-state index contributed by atoms with van der Waals surface area (Å²) in [4.78, 5) is 24.1. The molecule has 114 valence electrons. The molecule has 0 radical (unpaired) electrons. The lowest BCUT2D eigenvalue weighted by Gasteiger charge is -2.14. The highest BCUT2D eigenvalue weighted by molar-refractivity contribution is 6.06. The summed E-state index contributed by atoms with van der Waals surface area (Å²) in [6.07, 6.45) is 2.61. The Morgan fingerprint density at radius 3 is 2.45 bits per heavy atom. The van der Waals surface area contributed by atoms with Gasteiger partial charge in [-0.3, -0.25) is 9.59 Å². The van der Waals surface area contributed by atoms with Crippen molar-refractivity contribution in [3.8, 4) is 0 Å². The van der Waals surface area contributed by atoms with Crippen molar-refractivity contribution in [1.29, 1.82) is 0 Å². The van der Waals surface area contributed by atoms with E-state index < -0.39 is 6.10 Å². The van der Waals surface area contributed by atoms with Crippen LogP contribution in [0.3, 0.4) is 0 Å². The van der Waals surface area contributed by atoms with Crippen LogP contribution in [0.2, 0.25) is 0 Å². The van der Waals surface area contributed by atoms with Gasteiger partial charge in [-0.15, -0.1) is 0 Å². The fraction of sp³-hybridized carbons (Fsp3) is 0.250. The molecule has 1 aromatic heterocycles. The van der Waals surface area contributed by atoms with Crippen LogP contribution in [0.5, 0.6) is 0 Å². The van der Waals surface area contributed by atoms with Gasteiger partial charge in [-0.25, -0.2) is 0 Å². The van der Waals surface area contributed by atoms with E-state index in [0.717, 1.165) is 6.42 Å². The summed E-state index contributed by atoms with van der Waals surface area (Å²) in [5.41, 5.74) is 1.04. The largest absolute Gasteiger partial charge is 0.459 e. The molecule has 1 aromatic carbocycles. The number of rotatable bonds is 4. The minimum absolute atomic E-state index is 0.197. The van der Waals surface area contributed by atoms with Gasteiger partial charge in [0.1, 0.15) is 6.10 Å². The third kappa shape index (κ3) is 3.17. The SMILES string of the molecule is O=C(Nc1ccccc1NC(=O)[C@H]1CCCO1)c1ccco1. The molecule has 0 spiro atoms. The van der Waals surface area contributed by atoms with E-state index in [0.29, 0.717) is 24.4 Å². The summed E-state index contributed by atoms with van der Waals surface area (Å²) >= 11 is 0. The number of ether oxygens (including phenoxy) is 1. The van der Waals surface area contributed by atoms with Crippen LogP contribution in [-0.4, -0.2) is 24.5 Å². The van der Waals surface area contributed by atoms with Gasteiger partial charge in [-0.1, -0.05) is 12.1 Å². The molecule has 1 aliphatic rings. The summed E-state index contributed by atoms with van der Waals surface area (Å²) in [7, 11) is 0. The Hall–Kier alpha value is -2.60. The van der Waals surface area contributed by atoms with E-state index in [1.807, 2.05) is 0 Å². The Kier molecular flexibility index (Phi) is 4.20. The fourth-order valence-corrected chi connectivity index (χ4v) is 2.29. The minimum Gasteiger partial charge on any atom is -0.459 e. The molecule has 2 aromatic rings. The molecule has 22 heavy (non-hydrogen) atoms. The van der Waals surface area contributed by atoms with E-state index in [9.17, 15) is 9.59 Å². The first-order valence-electron chi connectivity index (χ1n) is 7.10. The van der Waals surface area contributed by atoms with Gasteiger partial charge < -0.3 is 19.8 Å². The van der Waals surface area contributed by atoms with Gasteiger partial charge in [0.15, 0.2) is 5.76 Å². The van der Waals surface area contributed by atoms with Crippen LogP contribution in [0.1, 0.15) is 23.4 Å². The fourth-order valence-electron chi connectivity index (χ4n) is 2.29. The molecule has 1 aliphatic heterocycles. The smallest absolute Gasteiger partial charge is 0.291 e. The second kappa shape index (κ2) is 6.44. The number of nitrogens with one attached hydrogen (secondary N) is 2. The van der Waals surface area contributed by atoms with Crippen molar-refractivity contribution >= 4 is 23.2 Å². The number of hydrogen-bond donors (Lipinski definition) is 2. The van der Waals surface area contributed by atoms with E-state index in [4.69, 9.17) is 9.15 Å². The molecule has 2 heterocycles. The summed E-state index contributed by atoms with van der Waals surface area (Å²) in [6.45, 7) is 0.606. The summed E-state index contributed by atoms with van der Waals surface area (Å²) in [5, 5.41) is 5.51. The number of benzene rings is 1. The Labute approximate surface area is 127 Å². The average molecular weight is 300 g/mol. The number of carbonyl (C=O) groups is 2. The molecule has 0 bridgehead atoms. The highest BCUT2D eigenvalue weighted by Gasteiger charge is 2.24. The van der Waals surface area contributed by atoms with Gasteiger partial charge in [0, 0.05) is 6.61 Å². The van der Waals surface area contributed by atoms with Crippen molar-refractivity contribution in [3.05, 3.63) is 48.4 Å². The molecule has 1 atom stereocenters. The Morgan fingerprint density at radius 1 is 1.05 bits per heavy atom. The van der Waals surface area contributed by atoms with Crippen molar-refractivity contribution in [2.24, 2.45) is 0 Å². The Morgan fingerprint density at radius 2 is 1.82 bits per heavy atom. The van der Waals surface area contributed by atoms with Crippen LogP contribution in [0, 0.1) is 0 Å². The molecule has 1 fully saturated rings. The predicted molar refractivity (Wildman–Crippen MR) is 80.7 cm³/mol. The van der Waals surface area contributed by atoms with E-state index in [-0.39, 0.29) is 17.6 Å². The molecule has 1 saturated heterocycles. The van der Waals surface area contributed by atoms with Crippen molar-refractivity contribution in [2.75, 3.05) is 17.2 Å². The lowest BCUT2D eigenvalue weighted by atomic mass is 10.2. The van der Waals surface area contributed by atoms with Crippen LogP contribution in [0.25, 0.3) is 0 Å². The van der Waals surface area contributed by atoms with Crippen LogP contribution < -0.4 is 10.6 Å². The number of hydrogen-bond acceptors (Lipinski definition) is 4. The first-order valence-corrected chi connectivity index (χ1v) is 7.10. The van der Waals surface area contributed by atoms with Crippen LogP contribution in [-0.2, 0) is 9.53 Å². The summed E-state index contributed by atoms with van der Waals surface area (Å²) in [6, 6.07) is 10.2. The molecular formula is C16H16N2O4. The monoisotopic (exact) mass is 300 g/mol. The molecular weight excluding hydrogens is 284 g/mol. The molecule has 2 N–H and O–H groups in total. The second-order valence-corrected chi connectivity index (χ2v) is 4.97. The van der Waals surface area contributed by atoms with Gasteiger partial charge in [0.05, 0.1) is 17.6 Å². The molecule has 0 aliphatic carbocycles. The van der Waals surface area contributed by atoms with Crippen molar-refractivity contribution in [3.63, 3.8) is 0 Å². The van der Waals surface area contributed by atoms with E-state index in [2.05, 4.69) is 10.6 Å².